The highest BCUT2D eigenvalue weighted by molar-refractivity contribution is 6.72. The van der Waals surface area contributed by atoms with Gasteiger partial charge in [-0.05, 0) is 45.3 Å². The zero-order valence-corrected chi connectivity index (χ0v) is 19.7. The van der Waals surface area contributed by atoms with Crippen LogP contribution in [-0.4, -0.2) is 62.0 Å². The number of ether oxygens (including phenoxy) is 1. The van der Waals surface area contributed by atoms with Crippen molar-refractivity contribution in [2.75, 3.05) is 13.2 Å². The highest BCUT2D eigenvalue weighted by Gasteiger charge is 2.34. The molecular formula is C15H36O6Si3. The molecule has 0 heterocycles. The minimum Gasteiger partial charge on any atom is -0.463 e. The fourth-order valence-electron chi connectivity index (χ4n) is 1.95. The van der Waals surface area contributed by atoms with Gasteiger partial charge in [-0.15, -0.1) is 0 Å². The van der Waals surface area contributed by atoms with Crippen LogP contribution in [0.1, 0.15) is 20.3 Å². The molecule has 0 amide bonds. The second kappa shape index (κ2) is 10.8. The first kappa shape index (κ1) is 24.0. The van der Waals surface area contributed by atoms with E-state index in [1.807, 2.05) is 0 Å². The summed E-state index contributed by atoms with van der Waals surface area (Å²) in [5, 5.41) is 9.92. The Morgan fingerprint density at radius 3 is 1.92 bits per heavy atom. The van der Waals surface area contributed by atoms with Crippen molar-refractivity contribution in [2.45, 2.75) is 77.6 Å². The van der Waals surface area contributed by atoms with E-state index in [0.717, 1.165) is 12.5 Å². The van der Waals surface area contributed by atoms with Crippen LogP contribution in [0.4, 0.5) is 0 Å². The Labute approximate surface area is 150 Å². The van der Waals surface area contributed by atoms with Gasteiger partial charge in [0.15, 0.2) is 16.6 Å². The van der Waals surface area contributed by atoms with E-state index in [-0.39, 0.29) is 19.1 Å². The topological polar surface area (TPSA) is 74.2 Å². The van der Waals surface area contributed by atoms with E-state index in [1.54, 1.807) is 0 Å². The third-order valence-electron chi connectivity index (χ3n) is 2.80. The van der Waals surface area contributed by atoms with Crippen molar-refractivity contribution in [3.63, 3.8) is 0 Å². The van der Waals surface area contributed by atoms with Gasteiger partial charge in [0.05, 0.1) is 6.61 Å². The summed E-state index contributed by atoms with van der Waals surface area (Å²) >= 11 is 0. The van der Waals surface area contributed by atoms with Gasteiger partial charge in [-0.25, -0.2) is 0 Å². The quantitative estimate of drug-likeness (QED) is 0.310. The van der Waals surface area contributed by atoms with Crippen LogP contribution >= 0.6 is 0 Å². The Morgan fingerprint density at radius 2 is 1.54 bits per heavy atom. The van der Waals surface area contributed by atoms with Crippen molar-refractivity contribution in [3.05, 3.63) is 0 Å². The van der Waals surface area contributed by atoms with Crippen LogP contribution in [0.15, 0.2) is 0 Å². The number of aliphatic hydroxyl groups excluding tert-OH is 1. The Bertz CT molecular complexity index is 351. The molecule has 6 nitrogen and oxygen atoms in total. The van der Waals surface area contributed by atoms with Gasteiger partial charge in [-0.3, -0.25) is 4.79 Å². The van der Waals surface area contributed by atoms with Crippen LogP contribution in [-0.2, 0) is 22.8 Å². The molecule has 0 rings (SSSR count). The number of aliphatic hydroxyl groups is 1. The maximum atomic E-state index is 10.8. The Morgan fingerprint density at radius 1 is 1.04 bits per heavy atom. The second-order valence-corrected chi connectivity index (χ2v) is 19.4. The smallest absolute Gasteiger partial charge is 0.302 e. The monoisotopic (exact) mass is 396 g/mol. The minimum absolute atomic E-state index is 0.0446. The van der Waals surface area contributed by atoms with E-state index in [0.29, 0.717) is 0 Å². The normalized spacial score (nSPS) is 15.4. The van der Waals surface area contributed by atoms with Crippen LogP contribution in [0.5, 0.6) is 0 Å². The molecule has 0 aromatic carbocycles. The molecule has 0 aliphatic carbocycles. The molecule has 0 saturated carbocycles. The van der Waals surface area contributed by atoms with Gasteiger partial charge < -0.3 is 23.1 Å². The Balaban J connectivity index is 4.85. The van der Waals surface area contributed by atoms with Gasteiger partial charge in [0.1, 0.15) is 18.6 Å². The fraction of sp³-hybridized carbons (Fsp3) is 0.933. The molecule has 9 heteroatoms. The van der Waals surface area contributed by atoms with Crippen LogP contribution in [0.25, 0.3) is 0 Å². The van der Waals surface area contributed by atoms with E-state index in [2.05, 4.69) is 46.2 Å². The highest BCUT2D eigenvalue weighted by atomic mass is 28.4. The third kappa shape index (κ3) is 13.3. The summed E-state index contributed by atoms with van der Waals surface area (Å²) in [6.07, 6.45) is 0.164. The van der Waals surface area contributed by atoms with Gasteiger partial charge in [0.2, 0.25) is 9.04 Å². The number of rotatable bonds is 12. The molecule has 2 unspecified atom stereocenters. The van der Waals surface area contributed by atoms with E-state index in [1.165, 1.54) is 6.92 Å². The number of hydrogen-bond donors (Lipinski definition) is 1. The summed E-state index contributed by atoms with van der Waals surface area (Å²) in [6.45, 7) is 16.4. The maximum absolute atomic E-state index is 10.8. The molecule has 0 saturated heterocycles. The molecule has 0 aromatic rings. The molecule has 0 radical (unpaired) electrons. The molecular weight excluding hydrogens is 360 g/mol. The summed E-state index contributed by atoms with van der Waals surface area (Å²) < 4.78 is 23.4. The van der Waals surface area contributed by atoms with Gasteiger partial charge in [-0.1, -0.05) is 13.3 Å². The van der Waals surface area contributed by atoms with E-state index >= 15 is 0 Å². The molecule has 0 spiro atoms. The van der Waals surface area contributed by atoms with Crippen LogP contribution in [0.2, 0.25) is 45.3 Å². The molecule has 0 fully saturated rings. The zero-order chi connectivity index (χ0) is 19.0. The summed E-state index contributed by atoms with van der Waals surface area (Å²) in [6, 6.07) is 0.917. The number of carbonyl (C=O) groups is 1. The van der Waals surface area contributed by atoms with Crippen molar-refractivity contribution >= 4 is 31.6 Å². The number of esters is 1. The average Bonchev–Trinajstić information content (AvgIpc) is 2.37. The van der Waals surface area contributed by atoms with E-state index in [4.69, 9.17) is 18.0 Å². The summed E-state index contributed by atoms with van der Waals surface area (Å²) in [5.74, 6) is -0.692. The standard InChI is InChI=1S/C15H36O6Si3/c1-9-10-22(19-12-14(17)11-18-13(2)16)15(20-23(3,4)5)21-24(6,7)8/h14-15,17,22H,9-12H2,1-8H3. The second-order valence-electron chi connectivity index (χ2n) is 7.95. The molecule has 24 heavy (non-hydrogen) atoms. The minimum atomic E-state index is -1.83. The summed E-state index contributed by atoms with van der Waals surface area (Å²) in [4.78, 5) is 10.8. The van der Waals surface area contributed by atoms with Crippen molar-refractivity contribution in [2.24, 2.45) is 0 Å². The van der Waals surface area contributed by atoms with Gasteiger partial charge in [0.25, 0.3) is 0 Å². The molecule has 0 bridgehead atoms. The average molecular weight is 397 g/mol. The largest absolute Gasteiger partial charge is 0.463 e. The van der Waals surface area contributed by atoms with Crippen LogP contribution in [0, 0.1) is 0 Å². The van der Waals surface area contributed by atoms with Gasteiger partial charge in [-0.2, -0.15) is 0 Å². The lowest BCUT2D eigenvalue weighted by Crippen LogP contribution is -2.50. The SMILES string of the molecule is CCC[SiH](OCC(O)COC(C)=O)C(O[Si](C)(C)C)O[Si](C)(C)C. The van der Waals surface area contributed by atoms with Crippen molar-refractivity contribution in [1.82, 2.24) is 0 Å². The van der Waals surface area contributed by atoms with Gasteiger partial charge >= 0.3 is 5.97 Å². The molecule has 2 atom stereocenters. The van der Waals surface area contributed by atoms with Gasteiger partial charge in [0, 0.05) is 6.92 Å². The lowest BCUT2D eigenvalue weighted by Gasteiger charge is -2.35. The first-order chi connectivity index (χ1) is 10.8. The summed E-state index contributed by atoms with van der Waals surface area (Å²) in [7, 11) is -5.39. The maximum Gasteiger partial charge on any atom is 0.302 e. The molecule has 0 aliphatic heterocycles. The first-order valence-electron chi connectivity index (χ1n) is 8.62. The van der Waals surface area contributed by atoms with E-state index in [9.17, 15) is 9.90 Å². The number of carbonyl (C=O) groups excluding carboxylic acids is 1. The predicted molar refractivity (Wildman–Crippen MR) is 103 cm³/mol. The van der Waals surface area contributed by atoms with E-state index < -0.39 is 37.7 Å². The Hall–Kier alpha value is -0.0394. The lowest BCUT2D eigenvalue weighted by atomic mass is 10.4. The van der Waals surface area contributed by atoms with Crippen molar-refractivity contribution in [1.29, 1.82) is 0 Å². The number of hydrogen-bond acceptors (Lipinski definition) is 6. The van der Waals surface area contributed by atoms with Crippen molar-refractivity contribution < 1.29 is 27.9 Å². The fourth-order valence-corrected chi connectivity index (χ4v) is 8.84. The third-order valence-corrected chi connectivity index (χ3v) is 7.87. The van der Waals surface area contributed by atoms with Crippen LogP contribution < -0.4 is 0 Å². The Kier molecular flexibility index (Phi) is 10.8. The summed E-state index contributed by atoms with van der Waals surface area (Å²) in [5.41, 5.74) is 0. The van der Waals surface area contributed by atoms with Crippen molar-refractivity contribution in [3.8, 4) is 0 Å². The molecule has 144 valence electrons. The molecule has 1 N–H and O–H groups in total. The first-order valence-corrected chi connectivity index (χ1v) is 17.4. The predicted octanol–water partition coefficient (Wildman–Crippen LogP) is 2.63. The molecule has 0 aromatic heterocycles. The lowest BCUT2D eigenvalue weighted by molar-refractivity contribution is -0.144. The molecule has 0 aliphatic rings. The van der Waals surface area contributed by atoms with Crippen LogP contribution in [0.3, 0.4) is 0 Å². The zero-order valence-electron chi connectivity index (χ0n) is 16.5. The highest BCUT2D eigenvalue weighted by Crippen LogP contribution is 2.19.